The minimum Gasteiger partial charge on any atom is -0.297 e. The number of hydrogen-bond acceptors (Lipinski definition) is 3. The van der Waals surface area contributed by atoms with Gasteiger partial charge < -0.3 is 0 Å². The van der Waals surface area contributed by atoms with Crippen LogP contribution in [0.25, 0.3) is 0 Å². The van der Waals surface area contributed by atoms with Crippen LogP contribution in [0.5, 0.6) is 0 Å². The molecular formula is C23H45NO3. The first-order chi connectivity index (χ1) is 12.8. The van der Waals surface area contributed by atoms with Gasteiger partial charge >= 0.3 is 0 Å². The predicted molar refractivity (Wildman–Crippen MR) is 114 cm³/mol. The highest BCUT2D eigenvalue weighted by Gasteiger charge is 2.25. The van der Waals surface area contributed by atoms with Crippen molar-refractivity contribution in [2.45, 2.75) is 136 Å². The molecule has 0 rings (SSSR count). The lowest BCUT2D eigenvalue weighted by Crippen LogP contribution is -2.42. The van der Waals surface area contributed by atoms with Crippen LogP contribution in [0.3, 0.4) is 0 Å². The monoisotopic (exact) mass is 383 g/mol. The van der Waals surface area contributed by atoms with Crippen LogP contribution < -0.4 is 0 Å². The molecule has 0 bridgehead atoms. The summed E-state index contributed by atoms with van der Waals surface area (Å²) in [5.74, 6) is 0.0782. The molecule has 0 aliphatic carbocycles. The second-order valence-electron chi connectivity index (χ2n) is 8.80. The molecular weight excluding hydrogens is 338 g/mol. The van der Waals surface area contributed by atoms with Gasteiger partial charge in [0, 0.05) is 6.42 Å². The number of ketones is 1. The van der Waals surface area contributed by atoms with E-state index in [-0.39, 0.29) is 5.78 Å². The number of hydroxylamine groups is 2. The van der Waals surface area contributed by atoms with Crippen molar-refractivity contribution in [3.63, 3.8) is 0 Å². The largest absolute Gasteiger partial charge is 0.297 e. The quantitative estimate of drug-likeness (QED) is 0.152. The Labute approximate surface area is 168 Å². The van der Waals surface area contributed by atoms with Crippen molar-refractivity contribution in [2.24, 2.45) is 0 Å². The highest BCUT2D eigenvalue weighted by Crippen LogP contribution is 2.15. The van der Waals surface area contributed by atoms with Crippen molar-refractivity contribution < 1.29 is 14.4 Å². The summed E-state index contributed by atoms with van der Waals surface area (Å²) in [6.45, 7) is 9.61. The van der Waals surface area contributed by atoms with Crippen LogP contribution in [-0.4, -0.2) is 28.9 Å². The van der Waals surface area contributed by atoms with E-state index >= 15 is 0 Å². The minimum atomic E-state index is -0.515. The Morgan fingerprint density at radius 3 is 1.63 bits per heavy atom. The van der Waals surface area contributed by atoms with E-state index in [0.717, 1.165) is 17.9 Å². The zero-order valence-electron chi connectivity index (χ0n) is 18.7. The molecule has 1 amide bonds. The first-order valence-corrected chi connectivity index (χ1v) is 11.3. The summed E-state index contributed by atoms with van der Waals surface area (Å²) in [6.07, 6.45) is 18.0. The van der Waals surface area contributed by atoms with Crippen LogP contribution in [0.2, 0.25) is 0 Å². The van der Waals surface area contributed by atoms with Crippen LogP contribution in [0, 0.1) is 0 Å². The summed E-state index contributed by atoms with van der Waals surface area (Å²) in [5, 5.41) is 1.16. The molecule has 4 heteroatoms. The Morgan fingerprint density at radius 2 is 1.26 bits per heavy atom. The molecule has 0 spiro atoms. The van der Waals surface area contributed by atoms with Crippen LogP contribution in [-0.2, 0) is 14.4 Å². The van der Waals surface area contributed by atoms with Gasteiger partial charge in [0.2, 0.25) is 6.41 Å². The zero-order valence-corrected chi connectivity index (χ0v) is 18.7. The molecule has 0 N–H and O–H groups in total. The zero-order chi connectivity index (χ0) is 20.5. The van der Waals surface area contributed by atoms with Gasteiger partial charge in [-0.2, -0.15) is 0 Å². The van der Waals surface area contributed by atoms with Crippen molar-refractivity contribution in [1.82, 2.24) is 5.06 Å². The Kier molecular flexibility index (Phi) is 15.6. The average molecular weight is 384 g/mol. The van der Waals surface area contributed by atoms with E-state index in [1.807, 2.05) is 20.8 Å². The van der Waals surface area contributed by atoms with Crippen LogP contribution in [0.15, 0.2) is 0 Å². The Balaban J connectivity index is 3.61. The van der Waals surface area contributed by atoms with Crippen molar-refractivity contribution in [2.75, 3.05) is 0 Å². The van der Waals surface area contributed by atoms with E-state index in [2.05, 4.69) is 6.92 Å². The Morgan fingerprint density at radius 1 is 0.852 bits per heavy atom. The van der Waals surface area contributed by atoms with Crippen molar-refractivity contribution in [1.29, 1.82) is 0 Å². The first-order valence-electron chi connectivity index (χ1n) is 11.3. The molecule has 0 radical (unpaired) electrons. The molecule has 0 aliphatic heterocycles. The van der Waals surface area contributed by atoms with Gasteiger partial charge in [0.1, 0.15) is 6.04 Å². The molecule has 0 aromatic carbocycles. The van der Waals surface area contributed by atoms with Crippen molar-refractivity contribution in [3.05, 3.63) is 0 Å². The molecule has 0 saturated carbocycles. The standard InChI is InChI=1S/C23H45NO3/c1-6-7-8-9-10-11-12-13-14-15-16-17-18-19-22(26)21(2)24(20-25)27-23(3,4)5/h20-21H,6-19H2,1-5H3/t21-/m0/s1. The molecule has 4 nitrogen and oxygen atoms in total. The molecule has 0 aromatic rings. The maximum Gasteiger partial charge on any atom is 0.234 e. The molecule has 0 unspecified atom stereocenters. The molecule has 0 aromatic heterocycles. The summed E-state index contributed by atoms with van der Waals surface area (Å²) in [5.41, 5.74) is -0.481. The maximum absolute atomic E-state index is 12.3. The molecule has 0 heterocycles. The Bertz CT molecular complexity index is 376. The third-order valence-electron chi connectivity index (χ3n) is 4.86. The first kappa shape index (κ1) is 26.1. The minimum absolute atomic E-state index is 0.0782. The summed E-state index contributed by atoms with van der Waals surface area (Å²) < 4.78 is 0. The maximum atomic E-state index is 12.3. The fraction of sp³-hybridized carbons (Fsp3) is 0.913. The lowest BCUT2D eigenvalue weighted by Gasteiger charge is -2.30. The van der Waals surface area contributed by atoms with E-state index in [0.29, 0.717) is 12.8 Å². The molecule has 0 saturated heterocycles. The number of rotatable bonds is 18. The van der Waals surface area contributed by atoms with Gasteiger partial charge in [-0.05, 0) is 34.1 Å². The van der Waals surface area contributed by atoms with Crippen molar-refractivity contribution >= 4 is 12.2 Å². The van der Waals surface area contributed by atoms with Gasteiger partial charge in [0.25, 0.3) is 0 Å². The van der Waals surface area contributed by atoms with Gasteiger partial charge in [-0.1, -0.05) is 84.0 Å². The fourth-order valence-corrected chi connectivity index (χ4v) is 3.18. The SMILES string of the molecule is CCCCCCCCCCCCCCCC(=O)[C@H](C)N(C=O)OC(C)(C)C. The second kappa shape index (κ2) is 16.1. The number of carbonyl (C=O) groups is 2. The number of unbranched alkanes of at least 4 members (excludes halogenated alkanes) is 12. The highest BCUT2D eigenvalue weighted by molar-refractivity contribution is 5.84. The number of nitrogens with zero attached hydrogens (tertiary/aromatic N) is 1. The average Bonchev–Trinajstić information content (AvgIpc) is 2.62. The van der Waals surface area contributed by atoms with Crippen LogP contribution in [0.1, 0.15) is 125 Å². The summed E-state index contributed by atoms with van der Waals surface area (Å²) in [7, 11) is 0. The van der Waals surface area contributed by atoms with Gasteiger partial charge in [-0.25, -0.2) is 5.06 Å². The van der Waals surface area contributed by atoms with E-state index in [9.17, 15) is 9.59 Å². The van der Waals surface area contributed by atoms with E-state index in [1.165, 1.54) is 70.6 Å². The third-order valence-corrected chi connectivity index (χ3v) is 4.86. The normalized spacial score (nSPS) is 12.8. The molecule has 160 valence electrons. The lowest BCUT2D eigenvalue weighted by atomic mass is 10.0. The second-order valence-corrected chi connectivity index (χ2v) is 8.80. The number of Topliss-reactive ketones (excluding diaryl/α,β-unsaturated/α-hetero) is 1. The molecule has 0 aliphatic rings. The number of amides is 1. The predicted octanol–water partition coefficient (Wildman–Crippen LogP) is 6.61. The van der Waals surface area contributed by atoms with Gasteiger partial charge in [0.15, 0.2) is 5.78 Å². The van der Waals surface area contributed by atoms with Gasteiger partial charge in [-0.3, -0.25) is 14.4 Å². The van der Waals surface area contributed by atoms with Crippen molar-refractivity contribution in [3.8, 4) is 0 Å². The number of carbonyl (C=O) groups excluding carboxylic acids is 2. The number of hydrogen-bond donors (Lipinski definition) is 0. The van der Waals surface area contributed by atoms with Gasteiger partial charge in [-0.15, -0.1) is 0 Å². The van der Waals surface area contributed by atoms with Crippen LogP contribution in [0.4, 0.5) is 0 Å². The van der Waals surface area contributed by atoms with E-state index < -0.39 is 11.6 Å². The molecule has 1 atom stereocenters. The Hall–Kier alpha value is -0.900. The molecule has 0 fully saturated rings. The summed E-state index contributed by atoms with van der Waals surface area (Å²) in [4.78, 5) is 28.9. The highest BCUT2D eigenvalue weighted by atomic mass is 16.7. The smallest absolute Gasteiger partial charge is 0.234 e. The summed E-state index contributed by atoms with van der Waals surface area (Å²) in [6, 6.07) is -0.515. The fourth-order valence-electron chi connectivity index (χ4n) is 3.18. The molecule has 27 heavy (non-hydrogen) atoms. The topological polar surface area (TPSA) is 46.6 Å². The van der Waals surface area contributed by atoms with E-state index in [1.54, 1.807) is 6.92 Å². The third kappa shape index (κ3) is 15.8. The van der Waals surface area contributed by atoms with E-state index in [4.69, 9.17) is 4.84 Å². The van der Waals surface area contributed by atoms with Crippen LogP contribution >= 0.6 is 0 Å². The van der Waals surface area contributed by atoms with Gasteiger partial charge in [0.05, 0.1) is 5.60 Å². The summed E-state index contributed by atoms with van der Waals surface area (Å²) >= 11 is 0. The lowest BCUT2D eigenvalue weighted by molar-refractivity contribution is -0.228.